The second kappa shape index (κ2) is 6.15. The molecule has 1 aliphatic heterocycles. The Morgan fingerprint density at radius 2 is 1.89 bits per heavy atom. The van der Waals surface area contributed by atoms with E-state index in [1.807, 2.05) is 6.07 Å². The summed E-state index contributed by atoms with van der Waals surface area (Å²) in [6.45, 7) is 7.08. The third-order valence-electron chi connectivity index (χ3n) is 3.61. The highest BCUT2D eigenvalue weighted by Crippen LogP contribution is 2.41. The molecule has 0 radical (unpaired) electrons. The largest absolute Gasteiger partial charge is 0.504 e. The maximum absolute atomic E-state index is 9.79. The minimum absolute atomic E-state index is 0.115. The standard InChI is InChI=1S/C15H23NO3/c1-3-7-16(8-4-2)12-9-11-5-6-13(17)14(18)15(11)19-10-12/h5-6,12,17-18H,3-4,7-10H2,1-2H3. The fraction of sp³-hybridized carbons (Fsp3) is 0.600. The van der Waals surface area contributed by atoms with Gasteiger partial charge in [-0.2, -0.15) is 0 Å². The molecule has 0 spiro atoms. The molecule has 1 unspecified atom stereocenters. The number of ether oxygens (including phenoxy) is 1. The summed E-state index contributed by atoms with van der Waals surface area (Å²) in [5.74, 6) is 0.203. The van der Waals surface area contributed by atoms with Gasteiger partial charge in [0.15, 0.2) is 11.5 Å². The number of rotatable bonds is 5. The molecule has 0 bridgehead atoms. The SMILES string of the molecule is CCCN(CCC)C1COc2c(ccc(O)c2O)C1. The van der Waals surface area contributed by atoms with Crippen LogP contribution in [0.3, 0.4) is 0 Å². The fourth-order valence-corrected chi connectivity index (χ4v) is 2.70. The first-order valence-corrected chi connectivity index (χ1v) is 7.08. The Hall–Kier alpha value is -1.42. The number of benzene rings is 1. The minimum atomic E-state index is -0.131. The summed E-state index contributed by atoms with van der Waals surface area (Å²) in [7, 11) is 0. The molecular formula is C15H23NO3. The lowest BCUT2D eigenvalue weighted by atomic mass is 10.00. The highest BCUT2D eigenvalue weighted by Gasteiger charge is 2.27. The zero-order valence-electron chi connectivity index (χ0n) is 11.7. The second-order valence-electron chi connectivity index (χ2n) is 5.13. The molecule has 1 aliphatic rings. The van der Waals surface area contributed by atoms with Crippen molar-refractivity contribution in [1.29, 1.82) is 0 Å². The van der Waals surface area contributed by atoms with Crippen molar-refractivity contribution < 1.29 is 14.9 Å². The third kappa shape index (κ3) is 2.95. The van der Waals surface area contributed by atoms with Crippen molar-refractivity contribution in [2.24, 2.45) is 0 Å². The van der Waals surface area contributed by atoms with Gasteiger partial charge in [-0.15, -0.1) is 0 Å². The molecule has 2 N–H and O–H groups in total. The Labute approximate surface area is 114 Å². The summed E-state index contributed by atoms with van der Waals surface area (Å²) in [4.78, 5) is 2.45. The molecule has 2 rings (SSSR count). The average molecular weight is 265 g/mol. The summed E-state index contributed by atoms with van der Waals surface area (Å²) in [5, 5.41) is 19.3. The molecule has 19 heavy (non-hydrogen) atoms. The Bertz CT molecular complexity index is 428. The van der Waals surface area contributed by atoms with Crippen LogP contribution in [0.4, 0.5) is 0 Å². The number of phenols is 2. The average Bonchev–Trinajstić information content (AvgIpc) is 2.42. The monoisotopic (exact) mass is 265 g/mol. The molecular weight excluding hydrogens is 242 g/mol. The first-order valence-electron chi connectivity index (χ1n) is 7.08. The van der Waals surface area contributed by atoms with Crippen molar-refractivity contribution in [1.82, 2.24) is 4.90 Å². The van der Waals surface area contributed by atoms with E-state index in [2.05, 4.69) is 18.7 Å². The topological polar surface area (TPSA) is 52.9 Å². The van der Waals surface area contributed by atoms with Crippen LogP contribution in [0.25, 0.3) is 0 Å². The predicted octanol–water partition coefficient (Wildman–Crippen LogP) is 2.52. The lowest BCUT2D eigenvalue weighted by molar-refractivity contribution is 0.116. The summed E-state index contributed by atoms with van der Waals surface area (Å²) >= 11 is 0. The first-order chi connectivity index (χ1) is 9.17. The molecule has 0 aromatic heterocycles. The van der Waals surface area contributed by atoms with E-state index in [-0.39, 0.29) is 11.5 Å². The summed E-state index contributed by atoms with van der Waals surface area (Å²) in [6.07, 6.45) is 3.12. The van der Waals surface area contributed by atoms with Crippen molar-refractivity contribution in [3.63, 3.8) is 0 Å². The third-order valence-corrected chi connectivity index (χ3v) is 3.61. The van der Waals surface area contributed by atoms with Crippen molar-refractivity contribution in [2.75, 3.05) is 19.7 Å². The van der Waals surface area contributed by atoms with Crippen LogP contribution < -0.4 is 4.74 Å². The summed E-state index contributed by atoms with van der Waals surface area (Å²) < 4.78 is 5.67. The van der Waals surface area contributed by atoms with E-state index in [0.29, 0.717) is 18.4 Å². The zero-order valence-corrected chi connectivity index (χ0v) is 11.7. The van der Waals surface area contributed by atoms with Gasteiger partial charge in [-0.05, 0) is 44.0 Å². The van der Waals surface area contributed by atoms with E-state index < -0.39 is 0 Å². The Morgan fingerprint density at radius 1 is 1.21 bits per heavy atom. The predicted molar refractivity (Wildman–Crippen MR) is 74.9 cm³/mol. The second-order valence-corrected chi connectivity index (χ2v) is 5.13. The Morgan fingerprint density at radius 3 is 2.53 bits per heavy atom. The molecule has 4 nitrogen and oxygen atoms in total. The zero-order chi connectivity index (χ0) is 13.8. The molecule has 1 atom stereocenters. The number of hydrogen-bond acceptors (Lipinski definition) is 4. The molecule has 1 heterocycles. The molecule has 0 amide bonds. The number of nitrogens with zero attached hydrogens (tertiary/aromatic N) is 1. The molecule has 0 saturated carbocycles. The van der Waals surface area contributed by atoms with Gasteiger partial charge in [-0.1, -0.05) is 19.9 Å². The van der Waals surface area contributed by atoms with Gasteiger partial charge in [0.1, 0.15) is 6.61 Å². The smallest absolute Gasteiger partial charge is 0.200 e. The molecule has 106 valence electrons. The van der Waals surface area contributed by atoms with Crippen LogP contribution in [0.1, 0.15) is 32.3 Å². The molecule has 0 fully saturated rings. The van der Waals surface area contributed by atoms with Gasteiger partial charge in [0.05, 0.1) is 0 Å². The first kappa shape index (κ1) is 14.0. The molecule has 0 aliphatic carbocycles. The minimum Gasteiger partial charge on any atom is -0.504 e. The Balaban J connectivity index is 2.15. The van der Waals surface area contributed by atoms with Crippen LogP contribution in [-0.2, 0) is 6.42 Å². The summed E-state index contributed by atoms with van der Waals surface area (Å²) in [5.41, 5.74) is 0.976. The highest BCUT2D eigenvalue weighted by atomic mass is 16.5. The van der Waals surface area contributed by atoms with Crippen molar-refractivity contribution in [2.45, 2.75) is 39.2 Å². The molecule has 1 aromatic rings. The van der Waals surface area contributed by atoms with Gasteiger partial charge in [-0.25, -0.2) is 0 Å². The summed E-state index contributed by atoms with van der Waals surface area (Å²) in [6, 6.07) is 3.73. The maximum atomic E-state index is 9.79. The van der Waals surface area contributed by atoms with E-state index in [1.165, 1.54) is 6.07 Å². The van der Waals surface area contributed by atoms with E-state index in [1.54, 1.807) is 0 Å². The van der Waals surface area contributed by atoms with Gasteiger partial charge in [-0.3, -0.25) is 4.90 Å². The van der Waals surface area contributed by atoms with Crippen LogP contribution in [-0.4, -0.2) is 40.9 Å². The number of hydrogen-bond donors (Lipinski definition) is 2. The van der Waals surface area contributed by atoms with E-state index in [9.17, 15) is 10.2 Å². The van der Waals surface area contributed by atoms with Crippen LogP contribution in [0.5, 0.6) is 17.2 Å². The van der Waals surface area contributed by atoms with Crippen LogP contribution in [0, 0.1) is 0 Å². The van der Waals surface area contributed by atoms with E-state index in [0.717, 1.165) is 37.9 Å². The van der Waals surface area contributed by atoms with Gasteiger partial charge < -0.3 is 14.9 Å². The number of fused-ring (bicyclic) bond motifs is 1. The Kier molecular flexibility index (Phi) is 4.53. The van der Waals surface area contributed by atoms with Gasteiger partial charge in [0.2, 0.25) is 5.75 Å². The van der Waals surface area contributed by atoms with E-state index in [4.69, 9.17) is 4.74 Å². The van der Waals surface area contributed by atoms with E-state index >= 15 is 0 Å². The normalized spacial score (nSPS) is 18.2. The van der Waals surface area contributed by atoms with Crippen molar-refractivity contribution in [3.05, 3.63) is 17.7 Å². The maximum Gasteiger partial charge on any atom is 0.200 e. The highest BCUT2D eigenvalue weighted by molar-refractivity contribution is 5.55. The fourth-order valence-electron chi connectivity index (χ4n) is 2.70. The lowest BCUT2D eigenvalue weighted by Crippen LogP contribution is -2.43. The molecule has 1 aromatic carbocycles. The molecule has 0 saturated heterocycles. The number of aromatic hydroxyl groups is 2. The van der Waals surface area contributed by atoms with Gasteiger partial charge in [0.25, 0.3) is 0 Å². The van der Waals surface area contributed by atoms with Gasteiger partial charge >= 0.3 is 0 Å². The van der Waals surface area contributed by atoms with Crippen molar-refractivity contribution in [3.8, 4) is 17.2 Å². The van der Waals surface area contributed by atoms with Crippen molar-refractivity contribution >= 4 is 0 Å². The van der Waals surface area contributed by atoms with Crippen LogP contribution >= 0.6 is 0 Å². The molecule has 4 heteroatoms. The lowest BCUT2D eigenvalue weighted by Gasteiger charge is -2.35. The van der Waals surface area contributed by atoms with Crippen LogP contribution in [0.15, 0.2) is 12.1 Å². The quantitative estimate of drug-likeness (QED) is 0.803. The van der Waals surface area contributed by atoms with Gasteiger partial charge in [0, 0.05) is 6.04 Å². The number of phenolic OH excluding ortho intramolecular Hbond substituents is 2. The van der Waals surface area contributed by atoms with Crippen LogP contribution in [0.2, 0.25) is 0 Å².